The predicted molar refractivity (Wildman–Crippen MR) is 86.9 cm³/mol. The number of carbonyl (C=O) groups is 1. The fourth-order valence-corrected chi connectivity index (χ4v) is 2.14. The average molecular weight is 282 g/mol. The maximum absolute atomic E-state index is 11.5. The molecule has 0 aliphatic heterocycles. The molecule has 110 valence electrons. The summed E-state index contributed by atoms with van der Waals surface area (Å²) in [5.41, 5.74) is 3.59. The molecule has 0 heterocycles. The zero-order chi connectivity index (χ0) is 15.1. The molecule has 0 bridgehead atoms. The van der Waals surface area contributed by atoms with E-state index in [-0.39, 0.29) is 11.9 Å². The van der Waals surface area contributed by atoms with Gasteiger partial charge in [-0.15, -0.1) is 0 Å². The Labute approximate surface area is 126 Å². The minimum atomic E-state index is 0.0332. The fourth-order valence-electron chi connectivity index (χ4n) is 2.14. The van der Waals surface area contributed by atoms with Crippen molar-refractivity contribution >= 4 is 5.91 Å². The van der Waals surface area contributed by atoms with Crippen molar-refractivity contribution in [3.8, 4) is 11.1 Å². The summed E-state index contributed by atoms with van der Waals surface area (Å²) in [6.45, 7) is 4.96. The third-order valence-corrected chi connectivity index (χ3v) is 3.13. The van der Waals surface area contributed by atoms with Gasteiger partial charge in [-0.2, -0.15) is 0 Å². The zero-order valence-electron chi connectivity index (χ0n) is 12.6. The maximum atomic E-state index is 11.5. The number of benzene rings is 2. The minimum Gasteiger partial charge on any atom is -0.353 e. The SMILES string of the molecule is CC(C)NC(=O)CNCc1ccc(-c2ccccc2)cc1. The highest BCUT2D eigenvalue weighted by molar-refractivity contribution is 5.78. The van der Waals surface area contributed by atoms with Gasteiger partial charge in [0.15, 0.2) is 0 Å². The second kappa shape index (κ2) is 7.60. The molecule has 0 aromatic heterocycles. The van der Waals surface area contributed by atoms with Gasteiger partial charge in [0.2, 0.25) is 5.91 Å². The lowest BCUT2D eigenvalue weighted by molar-refractivity contribution is -0.120. The van der Waals surface area contributed by atoms with Crippen LogP contribution in [0.25, 0.3) is 11.1 Å². The molecule has 0 spiro atoms. The highest BCUT2D eigenvalue weighted by Gasteiger charge is 2.02. The van der Waals surface area contributed by atoms with Gasteiger partial charge in [-0.25, -0.2) is 0 Å². The molecule has 0 fully saturated rings. The van der Waals surface area contributed by atoms with Crippen molar-refractivity contribution in [2.45, 2.75) is 26.4 Å². The van der Waals surface area contributed by atoms with Crippen LogP contribution in [-0.2, 0) is 11.3 Å². The molecule has 0 unspecified atom stereocenters. The Morgan fingerprint density at radius 2 is 1.57 bits per heavy atom. The molecule has 2 rings (SSSR count). The van der Waals surface area contributed by atoms with Crippen LogP contribution in [0.5, 0.6) is 0 Å². The van der Waals surface area contributed by atoms with Crippen molar-refractivity contribution in [2.24, 2.45) is 0 Å². The van der Waals surface area contributed by atoms with E-state index in [1.165, 1.54) is 16.7 Å². The molecule has 2 aromatic carbocycles. The Morgan fingerprint density at radius 1 is 0.952 bits per heavy atom. The molecule has 0 saturated carbocycles. The number of amides is 1. The van der Waals surface area contributed by atoms with E-state index in [9.17, 15) is 4.79 Å². The summed E-state index contributed by atoms with van der Waals surface area (Å²) in [5, 5.41) is 6.01. The van der Waals surface area contributed by atoms with Crippen molar-refractivity contribution < 1.29 is 4.79 Å². The predicted octanol–water partition coefficient (Wildman–Crippen LogP) is 2.97. The lowest BCUT2D eigenvalue weighted by Crippen LogP contribution is -2.37. The smallest absolute Gasteiger partial charge is 0.234 e. The van der Waals surface area contributed by atoms with Gasteiger partial charge >= 0.3 is 0 Å². The lowest BCUT2D eigenvalue weighted by atomic mass is 10.0. The van der Waals surface area contributed by atoms with Crippen LogP contribution in [0.2, 0.25) is 0 Å². The van der Waals surface area contributed by atoms with E-state index in [0.29, 0.717) is 13.1 Å². The van der Waals surface area contributed by atoms with E-state index in [1.807, 2.05) is 32.0 Å². The van der Waals surface area contributed by atoms with Gasteiger partial charge < -0.3 is 10.6 Å². The molecule has 1 amide bonds. The van der Waals surface area contributed by atoms with Gasteiger partial charge in [-0.3, -0.25) is 4.79 Å². The molecule has 0 saturated heterocycles. The first-order valence-electron chi connectivity index (χ1n) is 7.29. The first-order valence-corrected chi connectivity index (χ1v) is 7.29. The Hall–Kier alpha value is -2.13. The number of carbonyl (C=O) groups excluding carboxylic acids is 1. The molecule has 21 heavy (non-hydrogen) atoms. The summed E-state index contributed by atoms with van der Waals surface area (Å²) in [6, 6.07) is 18.9. The van der Waals surface area contributed by atoms with Crippen LogP contribution in [0, 0.1) is 0 Å². The summed E-state index contributed by atoms with van der Waals surface area (Å²) in [4.78, 5) is 11.5. The second-order valence-electron chi connectivity index (χ2n) is 5.39. The standard InChI is InChI=1S/C18H22N2O/c1-14(2)20-18(21)13-19-12-15-8-10-17(11-9-15)16-6-4-3-5-7-16/h3-11,14,19H,12-13H2,1-2H3,(H,20,21). The van der Waals surface area contributed by atoms with Gasteiger partial charge in [-0.1, -0.05) is 54.6 Å². The molecule has 3 nitrogen and oxygen atoms in total. The van der Waals surface area contributed by atoms with E-state index < -0.39 is 0 Å². The molecule has 0 radical (unpaired) electrons. The number of hydrogen-bond acceptors (Lipinski definition) is 2. The third-order valence-electron chi connectivity index (χ3n) is 3.13. The van der Waals surface area contributed by atoms with Crippen LogP contribution in [0.1, 0.15) is 19.4 Å². The summed E-state index contributed by atoms with van der Waals surface area (Å²) in [7, 11) is 0. The zero-order valence-corrected chi connectivity index (χ0v) is 12.6. The maximum Gasteiger partial charge on any atom is 0.234 e. The minimum absolute atomic E-state index is 0.0332. The van der Waals surface area contributed by atoms with E-state index in [2.05, 4.69) is 47.0 Å². The molecular weight excluding hydrogens is 260 g/mol. The van der Waals surface area contributed by atoms with Gasteiger partial charge in [-0.05, 0) is 30.5 Å². The Balaban J connectivity index is 1.84. The van der Waals surface area contributed by atoms with Gasteiger partial charge in [0.1, 0.15) is 0 Å². The summed E-state index contributed by atoms with van der Waals surface area (Å²) in [5.74, 6) is 0.0332. The fraction of sp³-hybridized carbons (Fsp3) is 0.278. The quantitative estimate of drug-likeness (QED) is 0.855. The molecule has 0 aliphatic rings. The first kappa shape index (κ1) is 15.3. The lowest BCUT2D eigenvalue weighted by Gasteiger charge is -2.09. The monoisotopic (exact) mass is 282 g/mol. The van der Waals surface area contributed by atoms with Gasteiger partial charge in [0.25, 0.3) is 0 Å². The topological polar surface area (TPSA) is 41.1 Å². The Kier molecular flexibility index (Phi) is 5.52. The Bertz CT molecular complexity index is 562. The number of nitrogens with one attached hydrogen (secondary N) is 2. The van der Waals surface area contributed by atoms with Crippen LogP contribution in [-0.4, -0.2) is 18.5 Å². The van der Waals surface area contributed by atoms with Crippen LogP contribution in [0.3, 0.4) is 0 Å². The van der Waals surface area contributed by atoms with Crippen molar-refractivity contribution in [1.29, 1.82) is 0 Å². The van der Waals surface area contributed by atoms with Crippen molar-refractivity contribution in [1.82, 2.24) is 10.6 Å². The van der Waals surface area contributed by atoms with E-state index >= 15 is 0 Å². The highest BCUT2D eigenvalue weighted by atomic mass is 16.1. The molecule has 0 aliphatic carbocycles. The van der Waals surface area contributed by atoms with Crippen molar-refractivity contribution in [3.63, 3.8) is 0 Å². The molecule has 2 aromatic rings. The molecule has 0 atom stereocenters. The summed E-state index contributed by atoms with van der Waals surface area (Å²) >= 11 is 0. The second-order valence-corrected chi connectivity index (χ2v) is 5.39. The highest BCUT2D eigenvalue weighted by Crippen LogP contribution is 2.19. The average Bonchev–Trinajstić information content (AvgIpc) is 2.48. The van der Waals surface area contributed by atoms with E-state index in [4.69, 9.17) is 0 Å². The normalized spacial score (nSPS) is 10.6. The number of rotatable bonds is 6. The van der Waals surface area contributed by atoms with Crippen molar-refractivity contribution in [2.75, 3.05) is 6.54 Å². The third kappa shape index (κ3) is 5.04. The van der Waals surface area contributed by atoms with E-state index in [0.717, 1.165) is 0 Å². The number of hydrogen-bond donors (Lipinski definition) is 2. The summed E-state index contributed by atoms with van der Waals surface area (Å²) < 4.78 is 0. The molecular formula is C18H22N2O. The molecule has 2 N–H and O–H groups in total. The van der Waals surface area contributed by atoms with E-state index in [1.54, 1.807) is 0 Å². The molecule has 3 heteroatoms. The van der Waals surface area contributed by atoms with Crippen LogP contribution in [0.4, 0.5) is 0 Å². The Morgan fingerprint density at radius 3 is 2.19 bits per heavy atom. The van der Waals surface area contributed by atoms with Gasteiger partial charge in [0.05, 0.1) is 6.54 Å². The van der Waals surface area contributed by atoms with Crippen LogP contribution < -0.4 is 10.6 Å². The summed E-state index contributed by atoms with van der Waals surface area (Å²) in [6.07, 6.45) is 0. The van der Waals surface area contributed by atoms with Crippen LogP contribution in [0.15, 0.2) is 54.6 Å². The largest absolute Gasteiger partial charge is 0.353 e. The van der Waals surface area contributed by atoms with Gasteiger partial charge in [0, 0.05) is 12.6 Å². The first-order chi connectivity index (χ1) is 10.1. The van der Waals surface area contributed by atoms with Crippen molar-refractivity contribution in [3.05, 3.63) is 60.2 Å². The van der Waals surface area contributed by atoms with Crippen LogP contribution >= 0.6 is 0 Å².